The van der Waals surface area contributed by atoms with E-state index in [1.165, 1.54) is 0 Å². The Labute approximate surface area is 116 Å². The maximum atomic E-state index is 7.10. The highest BCUT2D eigenvalue weighted by Crippen LogP contribution is 2.40. The van der Waals surface area contributed by atoms with Gasteiger partial charge in [-0.2, -0.15) is 0 Å². The van der Waals surface area contributed by atoms with Crippen LogP contribution in [0, 0.1) is 6.57 Å². The Bertz CT molecular complexity index is 705. The molecule has 0 bridgehead atoms. The standard InChI is InChI=1S/C16H11NOS/c1-11-16(15-7-4-8-19-15)14(10-18-11)12-5-3-6-13(9-12)17-2/h3-9H,1,10H2. The summed E-state index contributed by atoms with van der Waals surface area (Å²) in [6, 6.07) is 11.7. The van der Waals surface area contributed by atoms with Crippen LogP contribution in [0.25, 0.3) is 16.0 Å². The van der Waals surface area contributed by atoms with Crippen LogP contribution in [0.2, 0.25) is 0 Å². The molecule has 1 aliphatic rings. The van der Waals surface area contributed by atoms with Crippen LogP contribution in [0.3, 0.4) is 0 Å². The molecule has 3 rings (SSSR count). The van der Waals surface area contributed by atoms with Gasteiger partial charge in [-0.15, -0.1) is 11.3 Å². The number of hydrogen-bond donors (Lipinski definition) is 0. The first kappa shape index (κ1) is 11.8. The van der Waals surface area contributed by atoms with Crippen LogP contribution < -0.4 is 0 Å². The molecule has 0 fully saturated rings. The summed E-state index contributed by atoms with van der Waals surface area (Å²) in [5, 5.41) is 2.04. The third-order valence-electron chi connectivity index (χ3n) is 3.06. The van der Waals surface area contributed by atoms with Crippen LogP contribution >= 0.6 is 11.3 Å². The third kappa shape index (κ3) is 2.07. The highest BCUT2D eigenvalue weighted by molar-refractivity contribution is 7.11. The van der Waals surface area contributed by atoms with Crippen molar-refractivity contribution in [1.82, 2.24) is 0 Å². The van der Waals surface area contributed by atoms with Crippen molar-refractivity contribution in [3.63, 3.8) is 0 Å². The van der Waals surface area contributed by atoms with Gasteiger partial charge in [0.15, 0.2) is 5.69 Å². The minimum atomic E-state index is 0.521. The van der Waals surface area contributed by atoms with Gasteiger partial charge in [-0.3, -0.25) is 0 Å². The van der Waals surface area contributed by atoms with Gasteiger partial charge in [-0.1, -0.05) is 30.8 Å². The first-order valence-electron chi connectivity index (χ1n) is 5.86. The summed E-state index contributed by atoms with van der Waals surface area (Å²) < 4.78 is 5.59. The Morgan fingerprint density at radius 1 is 1.26 bits per heavy atom. The number of hydrogen-bond acceptors (Lipinski definition) is 2. The molecule has 0 aliphatic carbocycles. The van der Waals surface area contributed by atoms with Gasteiger partial charge in [-0.25, -0.2) is 4.85 Å². The summed E-state index contributed by atoms with van der Waals surface area (Å²) in [5.74, 6) is 0.714. The lowest BCUT2D eigenvalue weighted by Crippen LogP contribution is -1.87. The van der Waals surface area contributed by atoms with Gasteiger partial charge < -0.3 is 4.74 Å². The minimum absolute atomic E-state index is 0.521. The van der Waals surface area contributed by atoms with E-state index in [4.69, 9.17) is 11.3 Å². The number of benzene rings is 1. The molecule has 0 N–H and O–H groups in total. The lowest BCUT2D eigenvalue weighted by atomic mass is 10.00. The number of ether oxygens (including phenoxy) is 1. The Balaban J connectivity index is 2.16. The van der Waals surface area contributed by atoms with E-state index < -0.39 is 0 Å². The zero-order valence-electron chi connectivity index (χ0n) is 10.2. The van der Waals surface area contributed by atoms with Gasteiger partial charge in [-0.05, 0) is 23.1 Å². The molecule has 0 atom stereocenters. The van der Waals surface area contributed by atoms with Gasteiger partial charge >= 0.3 is 0 Å². The predicted octanol–water partition coefficient (Wildman–Crippen LogP) is 4.75. The van der Waals surface area contributed by atoms with E-state index in [1.54, 1.807) is 11.3 Å². The summed E-state index contributed by atoms with van der Waals surface area (Å²) >= 11 is 1.67. The lowest BCUT2D eigenvalue weighted by Gasteiger charge is -2.04. The predicted molar refractivity (Wildman–Crippen MR) is 78.9 cm³/mol. The Morgan fingerprint density at radius 2 is 2.16 bits per heavy atom. The van der Waals surface area contributed by atoms with Crippen molar-refractivity contribution < 1.29 is 4.74 Å². The van der Waals surface area contributed by atoms with E-state index >= 15 is 0 Å². The number of nitrogens with zero attached hydrogens (tertiary/aromatic N) is 1. The normalized spacial score (nSPS) is 14.4. The van der Waals surface area contributed by atoms with Crippen molar-refractivity contribution in [3.05, 3.63) is 76.0 Å². The fourth-order valence-corrected chi connectivity index (χ4v) is 2.99. The molecular formula is C16H11NOS. The average molecular weight is 265 g/mol. The Morgan fingerprint density at radius 3 is 2.89 bits per heavy atom. The van der Waals surface area contributed by atoms with E-state index in [0.29, 0.717) is 18.1 Å². The maximum Gasteiger partial charge on any atom is 0.187 e. The van der Waals surface area contributed by atoms with Crippen molar-refractivity contribution in [2.24, 2.45) is 0 Å². The molecule has 2 aromatic rings. The molecular weight excluding hydrogens is 254 g/mol. The molecule has 92 valence electrons. The minimum Gasteiger partial charge on any atom is -0.489 e. The second-order valence-electron chi connectivity index (χ2n) is 4.20. The summed E-state index contributed by atoms with van der Waals surface area (Å²) in [4.78, 5) is 4.63. The van der Waals surface area contributed by atoms with Gasteiger partial charge in [0.25, 0.3) is 0 Å². The molecule has 1 aromatic heterocycles. The van der Waals surface area contributed by atoms with Crippen molar-refractivity contribution in [2.75, 3.05) is 6.61 Å². The van der Waals surface area contributed by atoms with E-state index in [-0.39, 0.29) is 0 Å². The highest BCUT2D eigenvalue weighted by Gasteiger charge is 2.23. The van der Waals surface area contributed by atoms with Crippen LogP contribution in [-0.2, 0) is 4.74 Å². The Hall–Kier alpha value is -2.31. The van der Waals surface area contributed by atoms with Crippen molar-refractivity contribution in [2.45, 2.75) is 0 Å². The number of allylic oxidation sites excluding steroid dienone is 1. The van der Waals surface area contributed by atoms with Crippen molar-refractivity contribution in [3.8, 4) is 0 Å². The molecule has 1 aliphatic heterocycles. The van der Waals surface area contributed by atoms with Crippen LogP contribution in [-0.4, -0.2) is 6.61 Å². The molecule has 2 nitrogen and oxygen atoms in total. The molecule has 2 heterocycles. The fourth-order valence-electron chi connectivity index (χ4n) is 2.17. The van der Waals surface area contributed by atoms with Crippen molar-refractivity contribution >= 4 is 28.2 Å². The highest BCUT2D eigenvalue weighted by atomic mass is 32.1. The summed E-state index contributed by atoms with van der Waals surface area (Å²) in [5.41, 5.74) is 3.86. The van der Waals surface area contributed by atoms with Gasteiger partial charge in [0.05, 0.1) is 6.57 Å². The fraction of sp³-hybridized carbons (Fsp3) is 0.0625. The SMILES string of the molecule is [C-]#[N+]c1cccc(C2=C(c3cccs3)C(=C)OC2)c1. The molecule has 0 spiro atoms. The zero-order chi connectivity index (χ0) is 13.2. The van der Waals surface area contributed by atoms with Crippen LogP contribution in [0.4, 0.5) is 5.69 Å². The molecule has 0 saturated heterocycles. The Kier molecular flexibility index (Phi) is 2.94. The molecule has 1 aromatic carbocycles. The molecule has 19 heavy (non-hydrogen) atoms. The molecule has 0 amide bonds. The summed E-state index contributed by atoms with van der Waals surface area (Å²) in [6.07, 6.45) is 0. The van der Waals surface area contributed by atoms with E-state index in [9.17, 15) is 0 Å². The summed E-state index contributed by atoms with van der Waals surface area (Å²) in [7, 11) is 0. The topological polar surface area (TPSA) is 13.6 Å². The largest absolute Gasteiger partial charge is 0.489 e. The molecule has 3 heteroatoms. The van der Waals surface area contributed by atoms with Gasteiger partial charge in [0.2, 0.25) is 0 Å². The van der Waals surface area contributed by atoms with E-state index in [2.05, 4.69) is 17.5 Å². The van der Waals surface area contributed by atoms with Crippen LogP contribution in [0.1, 0.15) is 10.4 Å². The zero-order valence-corrected chi connectivity index (χ0v) is 11.0. The van der Waals surface area contributed by atoms with Gasteiger partial charge in [0.1, 0.15) is 12.4 Å². The van der Waals surface area contributed by atoms with Gasteiger partial charge in [0, 0.05) is 16.0 Å². The second kappa shape index (κ2) is 4.75. The third-order valence-corrected chi connectivity index (χ3v) is 3.95. The van der Waals surface area contributed by atoms with Crippen LogP contribution in [0.5, 0.6) is 0 Å². The lowest BCUT2D eigenvalue weighted by molar-refractivity contribution is 0.286. The number of rotatable bonds is 2. The monoisotopic (exact) mass is 265 g/mol. The summed E-state index contributed by atoms with van der Waals surface area (Å²) in [6.45, 7) is 11.6. The first-order chi connectivity index (χ1) is 9.29. The van der Waals surface area contributed by atoms with Crippen LogP contribution in [0.15, 0.2) is 54.1 Å². The maximum absolute atomic E-state index is 7.10. The molecule has 0 saturated carbocycles. The van der Waals surface area contributed by atoms with E-state index in [0.717, 1.165) is 21.6 Å². The first-order valence-corrected chi connectivity index (χ1v) is 6.74. The molecule has 0 unspecified atom stereocenters. The number of thiophene rings is 1. The van der Waals surface area contributed by atoms with Crippen molar-refractivity contribution in [1.29, 1.82) is 0 Å². The smallest absolute Gasteiger partial charge is 0.187 e. The van der Waals surface area contributed by atoms with E-state index in [1.807, 2.05) is 35.7 Å². The molecule has 0 radical (unpaired) electrons. The average Bonchev–Trinajstić information content (AvgIpc) is 3.07. The second-order valence-corrected chi connectivity index (χ2v) is 5.15. The quantitative estimate of drug-likeness (QED) is 0.714.